The highest BCUT2D eigenvalue weighted by Gasteiger charge is 2.12. The Bertz CT molecular complexity index is 352. The van der Waals surface area contributed by atoms with Gasteiger partial charge >= 0.3 is 0 Å². The number of benzene rings is 1. The van der Waals surface area contributed by atoms with Gasteiger partial charge in [0.2, 0.25) is 0 Å². The van der Waals surface area contributed by atoms with Crippen molar-refractivity contribution >= 4 is 5.91 Å². The molecule has 1 amide bonds. The first-order valence-electron chi connectivity index (χ1n) is 4.23. The van der Waals surface area contributed by atoms with E-state index in [1.165, 1.54) is 19.1 Å². The third-order valence-electron chi connectivity index (χ3n) is 1.79. The van der Waals surface area contributed by atoms with Crippen molar-refractivity contribution in [3.63, 3.8) is 0 Å². The van der Waals surface area contributed by atoms with Crippen molar-refractivity contribution < 1.29 is 13.9 Å². The van der Waals surface area contributed by atoms with Gasteiger partial charge in [0.1, 0.15) is 0 Å². The van der Waals surface area contributed by atoms with Crippen LogP contribution < -0.4 is 10.5 Å². The van der Waals surface area contributed by atoms with E-state index in [-0.39, 0.29) is 5.75 Å². The smallest absolute Gasteiger partial charge is 0.258 e. The van der Waals surface area contributed by atoms with Gasteiger partial charge in [-0.2, -0.15) is 0 Å². The van der Waals surface area contributed by atoms with Crippen molar-refractivity contribution in [2.45, 2.75) is 20.0 Å². The minimum atomic E-state index is -0.828. The highest BCUT2D eigenvalue weighted by molar-refractivity contribution is 5.78. The Morgan fingerprint density at radius 3 is 2.79 bits per heavy atom. The van der Waals surface area contributed by atoms with Crippen LogP contribution in [-0.4, -0.2) is 12.0 Å². The van der Waals surface area contributed by atoms with Crippen LogP contribution in [0.2, 0.25) is 0 Å². The molecule has 0 aliphatic carbocycles. The van der Waals surface area contributed by atoms with Crippen LogP contribution in [0.1, 0.15) is 12.5 Å². The molecule has 14 heavy (non-hydrogen) atoms. The van der Waals surface area contributed by atoms with Gasteiger partial charge in [-0.25, -0.2) is 4.39 Å². The number of primary amides is 1. The molecule has 0 aliphatic rings. The summed E-state index contributed by atoms with van der Waals surface area (Å²) >= 11 is 0. The van der Waals surface area contributed by atoms with Crippen molar-refractivity contribution in [1.29, 1.82) is 0 Å². The van der Waals surface area contributed by atoms with Crippen LogP contribution in [0.5, 0.6) is 5.75 Å². The lowest BCUT2D eigenvalue weighted by Crippen LogP contribution is -2.30. The maximum Gasteiger partial charge on any atom is 0.258 e. The van der Waals surface area contributed by atoms with Crippen molar-refractivity contribution in [1.82, 2.24) is 0 Å². The first-order chi connectivity index (χ1) is 6.50. The Hall–Kier alpha value is -1.58. The topological polar surface area (TPSA) is 52.3 Å². The van der Waals surface area contributed by atoms with Crippen molar-refractivity contribution in [3.05, 3.63) is 29.6 Å². The Balaban J connectivity index is 2.85. The molecule has 1 aromatic carbocycles. The van der Waals surface area contributed by atoms with Crippen LogP contribution in [0.4, 0.5) is 4.39 Å². The largest absolute Gasteiger partial charge is 0.478 e. The zero-order valence-electron chi connectivity index (χ0n) is 8.08. The molecule has 76 valence electrons. The predicted octanol–water partition coefficient (Wildman–Crippen LogP) is 1.39. The molecule has 0 bridgehead atoms. The first kappa shape index (κ1) is 10.5. The molecule has 0 spiro atoms. The van der Waals surface area contributed by atoms with Crippen LogP contribution in [0, 0.1) is 12.7 Å². The lowest BCUT2D eigenvalue weighted by Gasteiger charge is -2.12. The van der Waals surface area contributed by atoms with Gasteiger partial charge < -0.3 is 10.5 Å². The minimum absolute atomic E-state index is 0.0521. The molecule has 1 rings (SSSR count). The number of ether oxygens (including phenoxy) is 1. The lowest BCUT2D eigenvalue weighted by molar-refractivity contribution is -0.124. The molecule has 2 N–H and O–H groups in total. The predicted molar refractivity (Wildman–Crippen MR) is 50.4 cm³/mol. The molecule has 0 saturated carbocycles. The summed E-state index contributed by atoms with van der Waals surface area (Å²) in [4.78, 5) is 10.7. The normalized spacial score (nSPS) is 12.2. The number of hydrogen-bond donors (Lipinski definition) is 1. The van der Waals surface area contributed by atoms with E-state index in [1.54, 1.807) is 13.0 Å². The summed E-state index contributed by atoms with van der Waals surface area (Å²) < 4.78 is 18.2. The second-order valence-corrected chi connectivity index (χ2v) is 3.10. The number of rotatable bonds is 3. The molecular formula is C10H12FNO2. The SMILES string of the molecule is Cc1ccc(F)c(OC(C)C(N)=O)c1. The van der Waals surface area contributed by atoms with Crippen LogP contribution in [0.15, 0.2) is 18.2 Å². The third-order valence-corrected chi connectivity index (χ3v) is 1.79. The van der Waals surface area contributed by atoms with Crippen molar-refractivity contribution in [2.75, 3.05) is 0 Å². The van der Waals surface area contributed by atoms with E-state index in [4.69, 9.17) is 10.5 Å². The Kier molecular flexibility index (Phi) is 3.06. The van der Waals surface area contributed by atoms with Crippen LogP contribution >= 0.6 is 0 Å². The number of nitrogens with two attached hydrogens (primary N) is 1. The summed E-state index contributed by atoms with van der Waals surface area (Å²) in [5, 5.41) is 0. The van der Waals surface area contributed by atoms with Crippen LogP contribution in [0.25, 0.3) is 0 Å². The average molecular weight is 197 g/mol. The fourth-order valence-electron chi connectivity index (χ4n) is 0.949. The number of aryl methyl sites for hydroxylation is 1. The summed E-state index contributed by atoms with van der Waals surface area (Å²) in [5.41, 5.74) is 5.84. The highest BCUT2D eigenvalue weighted by atomic mass is 19.1. The molecule has 0 heterocycles. The van der Waals surface area contributed by atoms with E-state index in [9.17, 15) is 9.18 Å². The monoisotopic (exact) mass is 197 g/mol. The molecule has 0 aromatic heterocycles. The molecule has 4 heteroatoms. The summed E-state index contributed by atoms with van der Waals surface area (Å²) in [7, 11) is 0. The summed E-state index contributed by atoms with van der Waals surface area (Å²) in [5.74, 6) is -1.06. The van der Waals surface area contributed by atoms with Gasteiger partial charge in [0, 0.05) is 0 Å². The fourth-order valence-corrected chi connectivity index (χ4v) is 0.949. The molecule has 3 nitrogen and oxygen atoms in total. The third kappa shape index (κ3) is 2.45. The highest BCUT2D eigenvalue weighted by Crippen LogP contribution is 2.19. The van der Waals surface area contributed by atoms with E-state index in [1.807, 2.05) is 0 Å². The van der Waals surface area contributed by atoms with Gasteiger partial charge in [-0.3, -0.25) is 4.79 Å². The Morgan fingerprint density at radius 2 is 2.21 bits per heavy atom. The van der Waals surface area contributed by atoms with Gasteiger partial charge in [-0.15, -0.1) is 0 Å². The number of amides is 1. The molecule has 1 atom stereocenters. The zero-order chi connectivity index (χ0) is 10.7. The van der Waals surface area contributed by atoms with Gasteiger partial charge in [-0.05, 0) is 31.5 Å². The van der Waals surface area contributed by atoms with E-state index in [2.05, 4.69) is 0 Å². The standard InChI is InChI=1S/C10H12FNO2/c1-6-3-4-8(11)9(5-6)14-7(2)10(12)13/h3-5,7H,1-2H3,(H2,12,13). The minimum Gasteiger partial charge on any atom is -0.478 e. The van der Waals surface area contributed by atoms with Gasteiger partial charge in [-0.1, -0.05) is 6.07 Å². The van der Waals surface area contributed by atoms with Crippen LogP contribution in [0.3, 0.4) is 0 Å². The quantitative estimate of drug-likeness (QED) is 0.796. The number of hydrogen-bond acceptors (Lipinski definition) is 2. The van der Waals surface area contributed by atoms with Gasteiger partial charge in [0.05, 0.1) is 0 Å². The van der Waals surface area contributed by atoms with Crippen molar-refractivity contribution in [2.24, 2.45) is 5.73 Å². The molecule has 0 saturated heterocycles. The van der Waals surface area contributed by atoms with E-state index < -0.39 is 17.8 Å². The molecule has 0 radical (unpaired) electrons. The first-order valence-corrected chi connectivity index (χ1v) is 4.23. The van der Waals surface area contributed by atoms with E-state index in [0.29, 0.717) is 0 Å². The Morgan fingerprint density at radius 1 is 1.57 bits per heavy atom. The molecule has 1 unspecified atom stereocenters. The second-order valence-electron chi connectivity index (χ2n) is 3.10. The van der Waals surface area contributed by atoms with Gasteiger partial charge in [0.25, 0.3) is 5.91 Å². The maximum atomic E-state index is 13.1. The summed E-state index contributed by atoms with van der Waals surface area (Å²) in [6.45, 7) is 3.28. The summed E-state index contributed by atoms with van der Waals surface area (Å²) in [6.07, 6.45) is -0.828. The fraction of sp³-hybridized carbons (Fsp3) is 0.300. The lowest BCUT2D eigenvalue weighted by atomic mass is 10.2. The zero-order valence-corrected chi connectivity index (χ0v) is 8.08. The second kappa shape index (κ2) is 4.09. The number of halogens is 1. The number of carbonyl (C=O) groups excluding carboxylic acids is 1. The van der Waals surface area contributed by atoms with Crippen molar-refractivity contribution in [3.8, 4) is 5.75 Å². The Labute approximate surface area is 81.7 Å². The van der Waals surface area contributed by atoms with Gasteiger partial charge in [0.15, 0.2) is 17.7 Å². The van der Waals surface area contributed by atoms with E-state index in [0.717, 1.165) is 5.56 Å². The molecule has 1 aromatic rings. The molecular weight excluding hydrogens is 185 g/mol. The van der Waals surface area contributed by atoms with E-state index >= 15 is 0 Å². The number of carbonyl (C=O) groups is 1. The molecule has 0 aliphatic heterocycles. The maximum absolute atomic E-state index is 13.1. The van der Waals surface area contributed by atoms with Crippen LogP contribution in [-0.2, 0) is 4.79 Å². The molecule has 0 fully saturated rings. The summed E-state index contributed by atoms with van der Waals surface area (Å²) in [6, 6.07) is 4.43. The average Bonchev–Trinajstić information content (AvgIpc) is 2.11.